The number of piperidine rings is 1. The van der Waals surface area contributed by atoms with E-state index in [0.29, 0.717) is 24.0 Å². The monoisotopic (exact) mass is 293 g/mol. The molecule has 1 fully saturated rings. The van der Waals surface area contributed by atoms with Crippen LogP contribution in [0.5, 0.6) is 0 Å². The number of nitrogens with zero attached hydrogens (tertiary/aromatic N) is 1. The van der Waals surface area contributed by atoms with Gasteiger partial charge in [-0.3, -0.25) is 9.59 Å². The molecule has 0 saturated carbocycles. The number of hydrogen-bond acceptors (Lipinski definition) is 2. The predicted octanol–water partition coefficient (Wildman–Crippen LogP) is 2.91. The number of benzene rings is 1. The lowest BCUT2D eigenvalue weighted by atomic mass is 9.78. The molecule has 0 spiro atoms. The summed E-state index contributed by atoms with van der Waals surface area (Å²) in [4.78, 5) is 24.9. The van der Waals surface area contributed by atoms with Crippen molar-refractivity contribution in [3.05, 3.63) is 35.1 Å². The lowest BCUT2D eigenvalue weighted by Crippen LogP contribution is -2.49. The highest BCUT2D eigenvalue weighted by Crippen LogP contribution is 2.40. The molecule has 1 N–H and O–H groups in total. The molecule has 1 amide bonds. The van der Waals surface area contributed by atoms with E-state index in [1.54, 1.807) is 19.1 Å². The zero-order valence-electron chi connectivity index (χ0n) is 12.5. The van der Waals surface area contributed by atoms with E-state index in [4.69, 9.17) is 5.11 Å². The molecule has 0 bridgehead atoms. The van der Waals surface area contributed by atoms with Gasteiger partial charge in [-0.1, -0.05) is 26.0 Å². The molecule has 114 valence electrons. The Labute approximate surface area is 123 Å². The van der Waals surface area contributed by atoms with Crippen LogP contribution in [0.2, 0.25) is 0 Å². The molecule has 1 aliphatic rings. The zero-order valence-corrected chi connectivity index (χ0v) is 12.5. The number of carbonyl (C=O) groups is 2. The second-order valence-electron chi connectivity index (χ2n) is 6.27. The maximum atomic E-state index is 13.8. The number of carbonyl (C=O) groups excluding carboxylic acids is 1. The average Bonchev–Trinajstić information content (AvgIpc) is 2.38. The van der Waals surface area contributed by atoms with Gasteiger partial charge in [-0.25, -0.2) is 4.39 Å². The van der Waals surface area contributed by atoms with Crippen LogP contribution in [0.25, 0.3) is 0 Å². The van der Waals surface area contributed by atoms with Crippen molar-refractivity contribution in [3.63, 3.8) is 0 Å². The van der Waals surface area contributed by atoms with Crippen LogP contribution in [-0.4, -0.2) is 28.4 Å². The van der Waals surface area contributed by atoms with E-state index in [1.165, 1.54) is 11.0 Å². The molecular formula is C16H20FNO3. The Kier molecular flexibility index (Phi) is 4.03. The summed E-state index contributed by atoms with van der Waals surface area (Å²) in [6, 6.07) is 4.45. The molecule has 2 rings (SSSR count). The third-order valence-electron chi connectivity index (χ3n) is 4.15. The number of carboxylic acid groups (broad SMARTS) is 1. The summed E-state index contributed by atoms with van der Waals surface area (Å²) in [5.41, 5.74) is 0.615. The quantitative estimate of drug-likeness (QED) is 0.932. The minimum Gasteiger partial charge on any atom is -0.480 e. The molecule has 0 aromatic heterocycles. The molecule has 0 aliphatic carbocycles. The first-order valence-corrected chi connectivity index (χ1v) is 7.01. The molecule has 1 unspecified atom stereocenters. The van der Waals surface area contributed by atoms with Crippen molar-refractivity contribution in [3.8, 4) is 0 Å². The van der Waals surface area contributed by atoms with Gasteiger partial charge in [-0.05, 0) is 37.0 Å². The van der Waals surface area contributed by atoms with Crippen molar-refractivity contribution in [2.75, 3.05) is 6.54 Å². The largest absolute Gasteiger partial charge is 0.480 e. The van der Waals surface area contributed by atoms with E-state index >= 15 is 0 Å². The van der Waals surface area contributed by atoms with E-state index < -0.39 is 11.4 Å². The van der Waals surface area contributed by atoms with Gasteiger partial charge < -0.3 is 10.0 Å². The van der Waals surface area contributed by atoms with Crippen molar-refractivity contribution in [1.82, 2.24) is 4.90 Å². The fraction of sp³-hybridized carbons (Fsp3) is 0.500. The normalized spacial score (nSPS) is 21.4. The average molecular weight is 293 g/mol. The highest BCUT2D eigenvalue weighted by molar-refractivity contribution is 5.86. The lowest BCUT2D eigenvalue weighted by molar-refractivity contribution is -0.155. The summed E-state index contributed by atoms with van der Waals surface area (Å²) < 4.78 is 13.8. The number of aryl methyl sites for hydroxylation is 1. The van der Waals surface area contributed by atoms with Gasteiger partial charge in [0.05, 0.1) is 6.04 Å². The smallest absolute Gasteiger partial charge is 0.323 e. The van der Waals surface area contributed by atoms with Crippen LogP contribution >= 0.6 is 0 Å². The van der Waals surface area contributed by atoms with Gasteiger partial charge in [0.1, 0.15) is 12.4 Å². The first-order chi connectivity index (χ1) is 9.72. The topological polar surface area (TPSA) is 57.6 Å². The van der Waals surface area contributed by atoms with Gasteiger partial charge in [-0.2, -0.15) is 0 Å². The predicted molar refractivity (Wildman–Crippen MR) is 76.2 cm³/mol. The van der Waals surface area contributed by atoms with E-state index in [1.807, 2.05) is 13.8 Å². The zero-order chi connectivity index (χ0) is 15.8. The second-order valence-corrected chi connectivity index (χ2v) is 6.27. The Hall–Kier alpha value is -1.91. The van der Waals surface area contributed by atoms with Gasteiger partial charge in [-0.15, -0.1) is 0 Å². The highest BCUT2D eigenvalue weighted by Gasteiger charge is 2.41. The lowest BCUT2D eigenvalue weighted by Gasteiger charge is -2.42. The molecule has 1 aromatic carbocycles. The summed E-state index contributed by atoms with van der Waals surface area (Å²) >= 11 is 0. The summed E-state index contributed by atoms with van der Waals surface area (Å²) in [6.07, 6.45) is 1.29. The molecule has 1 heterocycles. The molecular weight excluding hydrogens is 273 g/mol. The minimum atomic E-state index is -1.06. The number of carboxylic acids is 1. The number of aliphatic carboxylic acids is 1. The summed E-state index contributed by atoms with van der Waals surface area (Å²) in [6.45, 7) is 4.94. The maximum Gasteiger partial charge on any atom is 0.323 e. The van der Waals surface area contributed by atoms with E-state index in [2.05, 4.69) is 0 Å². The van der Waals surface area contributed by atoms with Crippen LogP contribution in [-0.2, 0) is 9.59 Å². The standard InChI is InChI=1S/C16H20FNO3/c1-10-4-5-11(8-12(10)17)13-6-7-16(2,3)15(21)18(13)9-14(19)20/h4-5,8,13H,6-7,9H2,1-3H3,(H,19,20). The number of hydrogen-bond donors (Lipinski definition) is 1. The third kappa shape index (κ3) is 3.06. The summed E-state index contributed by atoms with van der Waals surface area (Å²) in [5.74, 6) is -1.58. The van der Waals surface area contributed by atoms with Gasteiger partial charge in [0, 0.05) is 5.41 Å². The molecule has 1 aromatic rings. The van der Waals surface area contributed by atoms with Crippen LogP contribution in [0.3, 0.4) is 0 Å². The fourth-order valence-electron chi connectivity index (χ4n) is 2.78. The van der Waals surface area contributed by atoms with Crippen LogP contribution in [0.1, 0.15) is 43.9 Å². The second kappa shape index (κ2) is 5.47. The van der Waals surface area contributed by atoms with Crippen LogP contribution in [0.15, 0.2) is 18.2 Å². The highest BCUT2D eigenvalue weighted by atomic mass is 19.1. The molecule has 21 heavy (non-hydrogen) atoms. The van der Waals surface area contributed by atoms with E-state index in [0.717, 1.165) is 0 Å². The van der Waals surface area contributed by atoms with Gasteiger partial charge in [0.15, 0.2) is 0 Å². The van der Waals surface area contributed by atoms with Gasteiger partial charge in [0.2, 0.25) is 5.91 Å². The SMILES string of the molecule is Cc1ccc(C2CCC(C)(C)C(=O)N2CC(=O)O)cc1F. The van der Waals surface area contributed by atoms with Crippen molar-refractivity contribution < 1.29 is 19.1 Å². The Balaban J connectivity index is 2.37. The molecule has 4 nitrogen and oxygen atoms in total. The molecule has 1 saturated heterocycles. The van der Waals surface area contributed by atoms with Crippen molar-refractivity contribution in [1.29, 1.82) is 0 Å². The van der Waals surface area contributed by atoms with E-state index in [-0.39, 0.29) is 24.3 Å². The summed E-state index contributed by atoms with van der Waals surface area (Å²) in [7, 11) is 0. The first-order valence-electron chi connectivity index (χ1n) is 7.01. The third-order valence-corrected chi connectivity index (χ3v) is 4.15. The van der Waals surface area contributed by atoms with Gasteiger partial charge in [0.25, 0.3) is 0 Å². The Morgan fingerprint density at radius 3 is 2.71 bits per heavy atom. The fourth-order valence-corrected chi connectivity index (χ4v) is 2.78. The Morgan fingerprint density at radius 1 is 1.48 bits per heavy atom. The molecule has 0 radical (unpaired) electrons. The van der Waals surface area contributed by atoms with Crippen LogP contribution < -0.4 is 0 Å². The van der Waals surface area contributed by atoms with Crippen molar-refractivity contribution in [2.24, 2.45) is 5.41 Å². The summed E-state index contributed by atoms with van der Waals surface area (Å²) in [5, 5.41) is 9.05. The minimum absolute atomic E-state index is 0.192. The number of amides is 1. The Bertz CT molecular complexity index is 583. The number of likely N-dealkylation sites (tertiary alicyclic amines) is 1. The molecule has 1 aliphatic heterocycles. The van der Waals surface area contributed by atoms with Crippen molar-refractivity contribution in [2.45, 2.75) is 39.7 Å². The molecule has 1 atom stereocenters. The number of rotatable bonds is 3. The maximum absolute atomic E-state index is 13.8. The number of halogens is 1. The van der Waals surface area contributed by atoms with E-state index in [9.17, 15) is 14.0 Å². The Morgan fingerprint density at radius 2 is 2.14 bits per heavy atom. The van der Waals surface area contributed by atoms with Crippen LogP contribution in [0, 0.1) is 18.2 Å². The first kappa shape index (κ1) is 15.5. The van der Waals surface area contributed by atoms with Gasteiger partial charge >= 0.3 is 5.97 Å². The van der Waals surface area contributed by atoms with Crippen LogP contribution in [0.4, 0.5) is 4.39 Å². The van der Waals surface area contributed by atoms with Crippen molar-refractivity contribution >= 4 is 11.9 Å². The molecule has 5 heteroatoms.